The summed E-state index contributed by atoms with van der Waals surface area (Å²) in [6.45, 7) is 2.62. The highest BCUT2D eigenvalue weighted by molar-refractivity contribution is 5.76. The summed E-state index contributed by atoms with van der Waals surface area (Å²) in [6, 6.07) is 17.3. The highest BCUT2D eigenvalue weighted by Gasteiger charge is 2.10. The molecule has 0 spiro atoms. The summed E-state index contributed by atoms with van der Waals surface area (Å²) in [6.07, 6.45) is 1.19. The molecule has 142 valence electrons. The zero-order valence-electron chi connectivity index (χ0n) is 15.6. The van der Waals surface area contributed by atoms with E-state index in [9.17, 15) is 4.39 Å². The second kappa shape index (κ2) is 7.56. The van der Waals surface area contributed by atoms with Gasteiger partial charge in [0, 0.05) is 25.3 Å². The number of rotatable bonds is 6. The topological polar surface area (TPSA) is 64.0 Å². The fourth-order valence-electron chi connectivity index (χ4n) is 2.93. The van der Waals surface area contributed by atoms with Gasteiger partial charge in [0.15, 0.2) is 5.82 Å². The van der Waals surface area contributed by atoms with Crippen LogP contribution in [0.2, 0.25) is 0 Å². The van der Waals surface area contributed by atoms with Crippen LogP contribution in [0, 0.1) is 5.82 Å². The SMILES string of the molecule is CCNc1cc(F)cnc1Nc1ccc(Oc2nc3ccccc3n2C)cc1. The van der Waals surface area contributed by atoms with E-state index in [0.29, 0.717) is 29.8 Å². The Balaban J connectivity index is 1.52. The molecule has 0 bridgehead atoms. The van der Waals surface area contributed by atoms with Crippen molar-refractivity contribution in [2.75, 3.05) is 17.2 Å². The van der Waals surface area contributed by atoms with Crippen LogP contribution < -0.4 is 15.4 Å². The van der Waals surface area contributed by atoms with Gasteiger partial charge in [-0.1, -0.05) is 12.1 Å². The lowest BCUT2D eigenvalue weighted by Crippen LogP contribution is -2.03. The average molecular weight is 377 g/mol. The van der Waals surface area contributed by atoms with Crippen LogP contribution in [-0.2, 0) is 7.05 Å². The predicted molar refractivity (Wildman–Crippen MR) is 109 cm³/mol. The Morgan fingerprint density at radius 2 is 1.89 bits per heavy atom. The summed E-state index contributed by atoms with van der Waals surface area (Å²) >= 11 is 0. The van der Waals surface area contributed by atoms with Gasteiger partial charge in [0.25, 0.3) is 0 Å². The zero-order chi connectivity index (χ0) is 19.5. The van der Waals surface area contributed by atoms with Crippen molar-refractivity contribution in [3.63, 3.8) is 0 Å². The summed E-state index contributed by atoms with van der Waals surface area (Å²) in [4.78, 5) is 8.63. The van der Waals surface area contributed by atoms with Gasteiger partial charge in [0.1, 0.15) is 11.6 Å². The number of anilines is 3. The number of benzene rings is 2. The van der Waals surface area contributed by atoms with Gasteiger partial charge >= 0.3 is 6.01 Å². The number of aromatic nitrogens is 3. The van der Waals surface area contributed by atoms with E-state index in [1.165, 1.54) is 12.3 Å². The van der Waals surface area contributed by atoms with Gasteiger partial charge in [-0.15, -0.1) is 0 Å². The molecule has 0 unspecified atom stereocenters. The lowest BCUT2D eigenvalue weighted by atomic mass is 10.3. The Hall–Kier alpha value is -3.61. The maximum Gasteiger partial charge on any atom is 0.302 e. The minimum atomic E-state index is -0.382. The standard InChI is InChI=1S/C21H20FN5O/c1-3-23-18-12-14(22)13-24-20(18)25-15-8-10-16(11-9-15)28-21-26-17-6-4-5-7-19(17)27(21)2/h4-13,23H,3H2,1-2H3,(H,24,25). The van der Waals surface area contributed by atoms with Crippen LogP contribution in [0.25, 0.3) is 11.0 Å². The summed E-state index contributed by atoms with van der Waals surface area (Å²) in [5.41, 5.74) is 3.32. The smallest absolute Gasteiger partial charge is 0.302 e. The molecule has 2 heterocycles. The minimum absolute atomic E-state index is 0.382. The fourth-order valence-corrected chi connectivity index (χ4v) is 2.93. The molecule has 2 aromatic carbocycles. The highest BCUT2D eigenvalue weighted by atomic mass is 19.1. The summed E-state index contributed by atoms with van der Waals surface area (Å²) in [5.74, 6) is 0.850. The number of imidazole rings is 1. The zero-order valence-corrected chi connectivity index (χ0v) is 15.6. The first-order valence-electron chi connectivity index (χ1n) is 9.00. The molecule has 2 N–H and O–H groups in total. The molecule has 0 saturated heterocycles. The number of nitrogens with one attached hydrogen (secondary N) is 2. The molecule has 4 aromatic rings. The predicted octanol–water partition coefficient (Wildman–Crippen LogP) is 5.08. The van der Waals surface area contributed by atoms with Gasteiger partial charge < -0.3 is 15.4 Å². The molecule has 4 rings (SSSR count). The quantitative estimate of drug-likeness (QED) is 0.491. The fraction of sp³-hybridized carbons (Fsp3) is 0.143. The number of halogens is 1. The maximum atomic E-state index is 13.4. The number of fused-ring (bicyclic) bond motifs is 1. The Bertz CT molecular complexity index is 1110. The molecule has 7 heteroatoms. The molecule has 0 atom stereocenters. The molecule has 2 aromatic heterocycles. The third-order valence-electron chi connectivity index (χ3n) is 4.29. The molecule has 0 saturated carbocycles. The van der Waals surface area contributed by atoms with Gasteiger partial charge in [-0.05, 0) is 43.3 Å². The van der Waals surface area contributed by atoms with Crippen molar-refractivity contribution in [3.05, 3.63) is 66.6 Å². The molecular weight excluding hydrogens is 357 g/mol. The molecule has 0 fully saturated rings. The molecule has 0 amide bonds. The van der Waals surface area contributed by atoms with Crippen LogP contribution in [0.1, 0.15) is 6.92 Å². The van der Waals surface area contributed by atoms with Crippen molar-refractivity contribution < 1.29 is 9.13 Å². The lowest BCUT2D eigenvalue weighted by Gasteiger charge is -2.12. The Morgan fingerprint density at radius 1 is 1.11 bits per heavy atom. The Morgan fingerprint density at radius 3 is 2.64 bits per heavy atom. The van der Waals surface area contributed by atoms with Crippen LogP contribution >= 0.6 is 0 Å². The van der Waals surface area contributed by atoms with E-state index in [4.69, 9.17) is 4.74 Å². The van der Waals surface area contributed by atoms with E-state index in [2.05, 4.69) is 20.6 Å². The Labute approximate surface area is 162 Å². The lowest BCUT2D eigenvalue weighted by molar-refractivity contribution is 0.428. The van der Waals surface area contributed by atoms with Crippen LogP contribution in [0.5, 0.6) is 11.8 Å². The third kappa shape index (κ3) is 3.59. The number of aryl methyl sites for hydroxylation is 1. The van der Waals surface area contributed by atoms with E-state index in [1.54, 1.807) is 0 Å². The van der Waals surface area contributed by atoms with E-state index in [0.717, 1.165) is 16.7 Å². The van der Waals surface area contributed by atoms with Crippen molar-refractivity contribution in [1.29, 1.82) is 0 Å². The largest absolute Gasteiger partial charge is 0.425 e. The van der Waals surface area contributed by atoms with Crippen LogP contribution in [0.15, 0.2) is 60.8 Å². The van der Waals surface area contributed by atoms with Crippen molar-refractivity contribution in [3.8, 4) is 11.8 Å². The number of nitrogens with zero attached hydrogens (tertiary/aromatic N) is 3. The van der Waals surface area contributed by atoms with Crippen LogP contribution in [0.3, 0.4) is 0 Å². The second-order valence-corrected chi connectivity index (χ2v) is 6.27. The normalized spacial score (nSPS) is 10.8. The second-order valence-electron chi connectivity index (χ2n) is 6.27. The summed E-state index contributed by atoms with van der Waals surface area (Å²) in [5, 5.41) is 6.29. The summed E-state index contributed by atoms with van der Waals surface area (Å²) < 4.78 is 21.3. The monoisotopic (exact) mass is 377 g/mol. The van der Waals surface area contributed by atoms with Gasteiger partial charge in [-0.25, -0.2) is 9.37 Å². The average Bonchev–Trinajstić information content (AvgIpc) is 3.01. The molecule has 0 aliphatic carbocycles. The molecule has 0 aliphatic rings. The van der Waals surface area contributed by atoms with Gasteiger partial charge in [0.2, 0.25) is 0 Å². The van der Waals surface area contributed by atoms with Crippen LogP contribution in [-0.4, -0.2) is 21.1 Å². The number of hydrogen-bond acceptors (Lipinski definition) is 5. The van der Waals surface area contributed by atoms with E-state index >= 15 is 0 Å². The molecule has 0 radical (unpaired) electrons. The van der Waals surface area contributed by atoms with Gasteiger partial charge in [-0.2, -0.15) is 4.98 Å². The number of hydrogen-bond donors (Lipinski definition) is 2. The van der Waals surface area contributed by atoms with Gasteiger partial charge in [0.05, 0.1) is 22.9 Å². The van der Waals surface area contributed by atoms with Gasteiger partial charge in [-0.3, -0.25) is 4.57 Å². The van der Waals surface area contributed by atoms with Crippen molar-refractivity contribution >= 4 is 28.2 Å². The molecule has 28 heavy (non-hydrogen) atoms. The first-order chi connectivity index (χ1) is 13.6. The third-order valence-corrected chi connectivity index (χ3v) is 4.29. The molecular formula is C21H20FN5O. The van der Waals surface area contributed by atoms with Crippen molar-refractivity contribution in [2.45, 2.75) is 6.92 Å². The molecule has 0 aliphatic heterocycles. The van der Waals surface area contributed by atoms with Crippen molar-refractivity contribution in [2.24, 2.45) is 7.05 Å². The number of para-hydroxylation sites is 2. The Kier molecular flexibility index (Phi) is 4.80. The number of pyridine rings is 1. The van der Waals surface area contributed by atoms with E-state index < -0.39 is 0 Å². The van der Waals surface area contributed by atoms with E-state index in [-0.39, 0.29) is 5.82 Å². The maximum absolute atomic E-state index is 13.4. The highest BCUT2D eigenvalue weighted by Crippen LogP contribution is 2.28. The number of ether oxygens (including phenoxy) is 1. The first kappa shape index (κ1) is 17.8. The molecule has 6 nitrogen and oxygen atoms in total. The summed E-state index contributed by atoms with van der Waals surface area (Å²) in [7, 11) is 1.92. The van der Waals surface area contributed by atoms with Crippen molar-refractivity contribution in [1.82, 2.24) is 14.5 Å². The van der Waals surface area contributed by atoms with Crippen LogP contribution in [0.4, 0.5) is 21.6 Å². The minimum Gasteiger partial charge on any atom is -0.425 e. The van der Waals surface area contributed by atoms with E-state index in [1.807, 2.05) is 67.1 Å². The first-order valence-corrected chi connectivity index (χ1v) is 9.00.